The van der Waals surface area contributed by atoms with E-state index < -0.39 is 6.09 Å². The van der Waals surface area contributed by atoms with Crippen molar-refractivity contribution in [2.45, 2.75) is 25.2 Å². The van der Waals surface area contributed by atoms with Crippen LogP contribution in [0.5, 0.6) is 0 Å². The van der Waals surface area contributed by atoms with Gasteiger partial charge < -0.3 is 10.0 Å². The van der Waals surface area contributed by atoms with Gasteiger partial charge in [0.25, 0.3) is 0 Å². The molecule has 1 aliphatic rings. The first-order valence-electron chi connectivity index (χ1n) is 5.90. The normalized spacial score (nSPS) is 21.0. The Morgan fingerprint density at radius 1 is 1.24 bits per heavy atom. The van der Waals surface area contributed by atoms with Crippen molar-refractivity contribution in [3.8, 4) is 0 Å². The zero-order chi connectivity index (χ0) is 12.3. The van der Waals surface area contributed by atoms with Gasteiger partial charge in [0, 0.05) is 18.1 Å². The summed E-state index contributed by atoms with van der Waals surface area (Å²) in [4.78, 5) is 12.4. The minimum absolute atomic E-state index is 0.455. The second-order valence-corrected chi connectivity index (χ2v) is 4.89. The smallest absolute Gasteiger partial charge is 0.407 e. The first-order chi connectivity index (χ1) is 8.16. The molecule has 1 fully saturated rings. The summed E-state index contributed by atoms with van der Waals surface area (Å²) in [6.45, 7) is 1.28. The average molecular weight is 254 g/mol. The SMILES string of the molecule is O=C(O)N1CCCC(c2ccc(Cl)cc2)CC1. The maximum atomic E-state index is 10.9. The van der Waals surface area contributed by atoms with Crippen molar-refractivity contribution < 1.29 is 9.90 Å². The number of halogens is 1. The van der Waals surface area contributed by atoms with Crippen LogP contribution in [0.1, 0.15) is 30.7 Å². The van der Waals surface area contributed by atoms with Crippen LogP contribution in [0, 0.1) is 0 Å². The van der Waals surface area contributed by atoms with E-state index >= 15 is 0 Å². The summed E-state index contributed by atoms with van der Waals surface area (Å²) in [5.74, 6) is 0.455. The minimum Gasteiger partial charge on any atom is -0.465 e. The third-order valence-electron chi connectivity index (χ3n) is 3.34. The number of hydrogen-bond acceptors (Lipinski definition) is 1. The summed E-state index contributed by atoms with van der Waals surface area (Å²) in [7, 11) is 0. The highest BCUT2D eigenvalue weighted by atomic mass is 35.5. The second kappa shape index (κ2) is 5.41. The highest BCUT2D eigenvalue weighted by Crippen LogP contribution is 2.28. The molecule has 17 heavy (non-hydrogen) atoms. The molecule has 3 nitrogen and oxygen atoms in total. The van der Waals surface area contributed by atoms with Gasteiger partial charge in [0.2, 0.25) is 0 Å². The van der Waals surface area contributed by atoms with Crippen LogP contribution >= 0.6 is 11.6 Å². The number of benzene rings is 1. The van der Waals surface area contributed by atoms with Crippen molar-refractivity contribution in [2.24, 2.45) is 0 Å². The molecule has 0 radical (unpaired) electrons. The van der Waals surface area contributed by atoms with Gasteiger partial charge >= 0.3 is 6.09 Å². The summed E-state index contributed by atoms with van der Waals surface area (Å²) in [5, 5.41) is 9.71. The van der Waals surface area contributed by atoms with Gasteiger partial charge in [-0.05, 0) is 42.9 Å². The molecule has 1 amide bonds. The molecule has 0 aromatic heterocycles. The molecule has 92 valence electrons. The highest BCUT2D eigenvalue weighted by Gasteiger charge is 2.20. The van der Waals surface area contributed by atoms with Crippen LogP contribution in [0.25, 0.3) is 0 Å². The molecule has 1 unspecified atom stereocenters. The van der Waals surface area contributed by atoms with E-state index in [4.69, 9.17) is 16.7 Å². The number of carbonyl (C=O) groups is 1. The van der Waals surface area contributed by atoms with Crippen LogP contribution < -0.4 is 0 Å². The zero-order valence-electron chi connectivity index (χ0n) is 9.60. The summed E-state index contributed by atoms with van der Waals surface area (Å²) in [6, 6.07) is 7.89. The second-order valence-electron chi connectivity index (χ2n) is 4.45. The molecule has 1 atom stereocenters. The van der Waals surface area contributed by atoms with Gasteiger partial charge in [0.05, 0.1) is 0 Å². The predicted molar refractivity (Wildman–Crippen MR) is 67.6 cm³/mol. The monoisotopic (exact) mass is 253 g/mol. The Kier molecular flexibility index (Phi) is 3.89. The van der Waals surface area contributed by atoms with Gasteiger partial charge in [0.15, 0.2) is 0 Å². The first-order valence-corrected chi connectivity index (χ1v) is 6.28. The molecule has 1 N–H and O–H groups in total. The number of likely N-dealkylation sites (tertiary alicyclic amines) is 1. The largest absolute Gasteiger partial charge is 0.465 e. The Morgan fingerprint density at radius 2 is 1.94 bits per heavy atom. The Labute approximate surface area is 106 Å². The van der Waals surface area contributed by atoms with Gasteiger partial charge in [-0.15, -0.1) is 0 Å². The van der Waals surface area contributed by atoms with Crippen LogP contribution in [0.2, 0.25) is 5.02 Å². The molecule has 4 heteroatoms. The van der Waals surface area contributed by atoms with Crippen molar-refractivity contribution in [1.82, 2.24) is 4.90 Å². The van der Waals surface area contributed by atoms with Crippen molar-refractivity contribution in [3.05, 3.63) is 34.9 Å². The molecule has 0 bridgehead atoms. The molecule has 2 rings (SSSR count). The molecule has 1 aliphatic heterocycles. The Morgan fingerprint density at radius 3 is 2.59 bits per heavy atom. The van der Waals surface area contributed by atoms with Crippen molar-refractivity contribution in [2.75, 3.05) is 13.1 Å². The lowest BCUT2D eigenvalue weighted by atomic mass is 9.92. The van der Waals surface area contributed by atoms with Crippen molar-refractivity contribution in [1.29, 1.82) is 0 Å². The number of amides is 1. The van der Waals surface area contributed by atoms with Gasteiger partial charge in [-0.2, -0.15) is 0 Å². The van der Waals surface area contributed by atoms with E-state index in [0.717, 1.165) is 24.3 Å². The topological polar surface area (TPSA) is 40.5 Å². The molecule has 0 aliphatic carbocycles. The van der Waals surface area contributed by atoms with Gasteiger partial charge in [0.1, 0.15) is 0 Å². The first kappa shape index (κ1) is 12.2. The quantitative estimate of drug-likeness (QED) is 0.831. The Hall–Kier alpha value is -1.22. The van der Waals surface area contributed by atoms with Gasteiger partial charge in [-0.3, -0.25) is 0 Å². The molecule has 1 heterocycles. The van der Waals surface area contributed by atoms with Crippen molar-refractivity contribution in [3.63, 3.8) is 0 Å². The number of carboxylic acid groups (broad SMARTS) is 1. The van der Waals surface area contributed by atoms with Crippen molar-refractivity contribution >= 4 is 17.7 Å². The van der Waals surface area contributed by atoms with Crippen LogP contribution in [-0.2, 0) is 0 Å². The summed E-state index contributed by atoms with van der Waals surface area (Å²) in [6.07, 6.45) is 2.07. The lowest BCUT2D eigenvalue weighted by Crippen LogP contribution is -2.30. The van der Waals surface area contributed by atoms with Crippen LogP contribution in [-0.4, -0.2) is 29.2 Å². The standard InChI is InChI=1S/C13H16ClNO2/c14-12-5-3-11(4-6-12)10-2-1-8-15(9-7-10)13(16)17/h3-6,10H,1-2,7-9H2,(H,16,17). The lowest BCUT2D eigenvalue weighted by molar-refractivity contribution is 0.147. The Balaban J connectivity index is 2.03. The lowest BCUT2D eigenvalue weighted by Gasteiger charge is -2.16. The van der Waals surface area contributed by atoms with E-state index in [1.165, 1.54) is 10.5 Å². The summed E-state index contributed by atoms with van der Waals surface area (Å²) < 4.78 is 0. The Bertz CT molecular complexity index is 391. The molecule has 1 aromatic rings. The number of hydrogen-bond donors (Lipinski definition) is 1. The maximum absolute atomic E-state index is 10.9. The third kappa shape index (κ3) is 3.13. The third-order valence-corrected chi connectivity index (χ3v) is 3.59. The van der Waals surface area contributed by atoms with Gasteiger partial charge in [-0.1, -0.05) is 23.7 Å². The molecule has 0 saturated carbocycles. The van der Waals surface area contributed by atoms with Crippen LogP contribution in [0.3, 0.4) is 0 Å². The van der Waals surface area contributed by atoms with E-state index in [1.54, 1.807) is 0 Å². The fraction of sp³-hybridized carbons (Fsp3) is 0.462. The van der Waals surface area contributed by atoms with Crippen LogP contribution in [0.4, 0.5) is 4.79 Å². The minimum atomic E-state index is -0.804. The number of rotatable bonds is 1. The molecular weight excluding hydrogens is 238 g/mol. The average Bonchev–Trinajstić information content (AvgIpc) is 2.55. The summed E-state index contributed by atoms with van der Waals surface area (Å²) in [5.41, 5.74) is 1.27. The van der Waals surface area contributed by atoms with E-state index in [9.17, 15) is 4.79 Å². The fourth-order valence-electron chi connectivity index (χ4n) is 2.36. The van der Waals surface area contributed by atoms with E-state index in [2.05, 4.69) is 0 Å². The molecule has 1 saturated heterocycles. The zero-order valence-corrected chi connectivity index (χ0v) is 10.4. The van der Waals surface area contributed by atoms with Gasteiger partial charge in [-0.25, -0.2) is 4.79 Å². The number of nitrogens with zero attached hydrogens (tertiary/aromatic N) is 1. The fourth-order valence-corrected chi connectivity index (χ4v) is 2.48. The molecular formula is C13H16ClNO2. The molecule has 0 spiro atoms. The maximum Gasteiger partial charge on any atom is 0.407 e. The van der Waals surface area contributed by atoms with Crippen LogP contribution in [0.15, 0.2) is 24.3 Å². The molecule has 1 aromatic carbocycles. The van der Waals surface area contributed by atoms with E-state index in [1.807, 2.05) is 24.3 Å². The predicted octanol–water partition coefficient (Wildman–Crippen LogP) is 3.59. The van der Waals surface area contributed by atoms with E-state index in [0.29, 0.717) is 19.0 Å². The highest BCUT2D eigenvalue weighted by molar-refractivity contribution is 6.30. The van der Waals surface area contributed by atoms with E-state index in [-0.39, 0.29) is 0 Å². The summed E-state index contributed by atoms with van der Waals surface area (Å²) >= 11 is 5.86.